The van der Waals surface area contributed by atoms with Crippen molar-refractivity contribution in [2.45, 2.75) is 26.3 Å². The number of hydrogen-bond acceptors (Lipinski definition) is 4. The van der Waals surface area contributed by atoms with Gasteiger partial charge in [-0.2, -0.15) is 8.42 Å². The van der Waals surface area contributed by atoms with Crippen LogP contribution in [0.1, 0.15) is 20.8 Å². The SMILES string of the molecule is CC(C)(C)N1CCN(CCS(=O)(=O)O)CC1. The Morgan fingerprint density at radius 3 is 2.00 bits per heavy atom. The van der Waals surface area contributed by atoms with Crippen LogP contribution in [0.4, 0.5) is 0 Å². The first kappa shape index (κ1) is 13.9. The fraction of sp³-hybridized carbons (Fsp3) is 1.00. The molecule has 0 amide bonds. The molecular weight excluding hydrogens is 228 g/mol. The highest BCUT2D eigenvalue weighted by Crippen LogP contribution is 2.15. The highest BCUT2D eigenvalue weighted by atomic mass is 32.2. The van der Waals surface area contributed by atoms with E-state index < -0.39 is 10.1 Å². The summed E-state index contributed by atoms with van der Waals surface area (Å²) in [5.41, 5.74) is 0.176. The van der Waals surface area contributed by atoms with Crippen molar-refractivity contribution in [2.24, 2.45) is 0 Å². The minimum atomic E-state index is -3.82. The highest BCUT2D eigenvalue weighted by Gasteiger charge is 2.25. The fourth-order valence-corrected chi connectivity index (χ4v) is 2.38. The fourth-order valence-electron chi connectivity index (χ4n) is 1.89. The Bertz CT molecular complexity index is 313. The average molecular weight is 250 g/mol. The maximum absolute atomic E-state index is 10.6. The third-order valence-corrected chi connectivity index (χ3v) is 3.68. The van der Waals surface area contributed by atoms with E-state index in [4.69, 9.17) is 4.55 Å². The first-order valence-corrected chi connectivity index (χ1v) is 7.22. The molecule has 1 heterocycles. The van der Waals surface area contributed by atoms with Gasteiger partial charge in [0.25, 0.3) is 10.1 Å². The molecule has 0 unspecified atom stereocenters. The van der Waals surface area contributed by atoms with E-state index in [9.17, 15) is 8.42 Å². The van der Waals surface area contributed by atoms with Crippen LogP contribution in [-0.2, 0) is 10.1 Å². The van der Waals surface area contributed by atoms with Crippen molar-refractivity contribution in [3.05, 3.63) is 0 Å². The average Bonchev–Trinajstić information content (AvgIpc) is 2.13. The van der Waals surface area contributed by atoms with Gasteiger partial charge in [-0.3, -0.25) is 14.4 Å². The Morgan fingerprint density at radius 2 is 1.62 bits per heavy atom. The predicted octanol–water partition coefficient (Wildman–Crippen LogP) is 0.290. The lowest BCUT2D eigenvalue weighted by atomic mass is 10.1. The normalized spacial score (nSPS) is 21.2. The molecule has 1 aliphatic rings. The van der Waals surface area contributed by atoms with Crippen LogP contribution in [-0.4, -0.2) is 66.8 Å². The topological polar surface area (TPSA) is 60.9 Å². The van der Waals surface area contributed by atoms with Gasteiger partial charge in [0.05, 0.1) is 5.75 Å². The molecule has 0 aromatic rings. The van der Waals surface area contributed by atoms with Gasteiger partial charge in [0.2, 0.25) is 0 Å². The Balaban J connectivity index is 2.33. The van der Waals surface area contributed by atoms with E-state index in [1.54, 1.807) is 0 Å². The van der Waals surface area contributed by atoms with E-state index in [1.807, 2.05) is 0 Å². The molecule has 0 spiro atoms. The Hall–Kier alpha value is -0.170. The molecule has 1 fully saturated rings. The molecule has 0 atom stereocenters. The molecule has 1 saturated heterocycles. The van der Waals surface area contributed by atoms with E-state index in [0.29, 0.717) is 6.54 Å². The predicted molar refractivity (Wildman–Crippen MR) is 64.2 cm³/mol. The molecule has 0 saturated carbocycles. The lowest BCUT2D eigenvalue weighted by Crippen LogP contribution is -2.53. The Labute approximate surface area is 98.2 Å². The summed E-state index contributed by atoms with van der Waals surface area (Å²) in [4.78, 5) is 4.47. The maximum atomic E-state index is 10.6. The highest BCUT2D eigenvalue weighted by molar-refractivity contribution is 7.85. The lowest BCUT2D eigenvalue weighted by molar-refractivity contribution is 0.0649. The molecule has 5 nitrogen and oxygen atoms in total. The third kappa shape index (κ3) is 4.78. The summed E-state index contributed by atoms with van der Waals surface area (Å²) in [5, 5.41) is 0. The van der Waals surface area contributed by atoms with Crippen molar-refractivity contribution >= 4 is 10.1 Å². The zero-order valence-electron chi connectivity index (χ0n) is 10.3. The van der Waals surface area contributed by atoms with E-state index in [1.165, 1.54) is 0 Å². The van der Waals surface area contributed by atoms with Gasteiger partial charge >= 0.3 is 0 Å². The van der Waals surface area contributed by atoms with Gasteiger partial charge in [-0.15, -0.1) is 0 Å². The molecule has 6 heteroatoms. The summed E-state index contributed by atoms with van der Waals surface area (Å²) in [6.07, 6.45) is 0. The molecule has 96 valence electrons. The zero-order valence-corrected chi connectivity index (χ0v) is 11.1. The van der Waals surface area contributed by atoms with E-state index >= 15 is 0 Å². The summed E-state index contributed by atoms with van der Waals surface area (Å²) in [5.74, 6) is -0.164. The summed E-state index contributed by atoms with van der Waals surface area (Å²) in [6.45, 7) is 10.6. The molecule has 0 aromatic heterocycles. The third-order valence-electron chi connectivity index (χ3n) is 2.99. The van der Waals surface area contributed by atoms with Gasteiger partial charge in [-0.25, -0.2) is 0 Å². The number of piperazine rings is 1. The molecule has 0 aliphatic carbocycles. The van der Waals surface area contributed by atoms with Gasteiger partial charge in [-0.05, 0) is 20.8 Å². The van der Waals surface area contributed by atoms with E-state index in [2.05, 4.69) is 30.6 Å². The molecule has 0 radical (unpaired) electrons. The van der Waals surface area contributed by atoms with Crippen molar-refractivity contribution in [3.63, 3.8) is 0 Å². The zero-order chi connectivity index (χ0) is 12.4. The molecular formula is C10H22N2O3S. The molecule has 1 N–H and O–H groups in total. The van der Waals surface area contributed by atoms with Gasteiger partial charge in [0, 0.05) is 38.3 Å². The second-order valence-corrected chi connectivity index (χ2v) is 6.86. The lowest BCUT2D eigenvalue weighted by Gasteiger charge is -2.42. The minimum Gasteiger partial charge on any atom is -0.300 e. The summed E-state index contributed by atoms with van der Waals surface area (Å²) in [6, 6.07) is 0. The first-order valence-electron chi connectivity index (χ1n) is 5.61. The van der Waals surface area contributed by atoms with Crippen molar-refractivity contribution in [1.82, 2.24) is 9.80 Å². The Morgan fingerprint density at radius 1 is 1.12 bits per heavy atom. The largest absolute Gasteiger partial charge is 0.300 e. The molecule has 1 aliphatic heterocycles. The van der Waals surface area contributed by atoms with Crippen LogP contribution >= 0.6 is 0 Å². The van der Waals surface area contributed by atoms with Crippen LogP contribution < -0.4 is 0 Å². The molecule has 1 rings (SSSR count). The van der Waals surface area contributed by atoms with Gasteiger partial charge in [0.1, 0.15) is 0 Å². The quantitative estimate of drug-likeness (QED) is 0.730. The smallest absolute Gasteiger partial charge is 0.266 e. The van der Waals surface area contributed by atoms with Gasteiger partial charge in [-0.1, -0.05) is 0 Å². The summed E-state index contributed by atoms with van der Waals surface area (Å²) >= 11 is 0. The van der Waals surface area contributed by atoms with Crippen LogP contribution in [0.25, 0.3) is 0 Å². The van der Waals surface area contributed by atoms with Crippen LogP contribution in [0.15, 0.2) is 0 Å². The Kier molecular flexibility index (Phi) is 4.34. The van der Waals surface area contributed by atoms with Crippen molar-refractivity contribution in [3.8, 4) is 0 Å². The van der Waals surface area contributed by atoms with Gasteiger partial charge in [0.15, 0.2) is 0 Å². The summed E-state index contributed by atoms with van der Waals surface area (Å²) in [7, 11) is -3.82. The van der Waals surface area contributed by atoms with Crippen LogP contribution in [0.2, 0.25) is 0 Å². The van der Waals surface area contributed by atoms with Crippen molar-refractivity contribution in [1.29, 1.82) is 0 Å². The van der Waals surface area contributed by atoms with E-state index in [0.717, 1.165) is 26.2 Å². The second kappa shape index (κ2) is 5.00. The van der Waals surface area contributed by atoms with E-state index in [-0.39, 0.29) is 11.3 Å². The maximum Gasteiger partial charge on any atom is 0.266 e. The van der Waals surface area contributed by atoms with Crippen molar-refractivity contribution in [2.75, 3.05) is 38.5 Å². The first-order chi connectivity index (χ1) is 7.18. The monoisotopic (exact) mass is 250 g/mol. The summed E-state index contributed by atoms with van der Waals surface area (Å²) < 4.78 is 29.9. The number of rotatable bonds is 3. The van der Waals surface area contributed by atoms with Gasteiger partial charge < -0.3 is 0 Å². The molecule has 0 aromatic carbocycles. The standard InChI is InChI=1S/C10H22N2O3S/c1-10(2,3)12-6-4-11(5-7-12)8-9-16(13,14)15/h4-9H2,1-3H3,(H,13,14,15). The molecule has 16 heavy (non-hydrogen) atoms. The molecule has 0 bridgehead atoms. The number of hydrogen-bond donors (Lipinski definition) is 1. The van der Waals surface area contributed by atoms with Crippen LogP contribution in [0.3, 0.4) is 0 Å². The van der Waals surface area contributed by atoms with Crippen LogP contribution in [0, 0.1) is 0 Å². The van der Waals surface area contributed by atoms with Crippen LogP contribution in [0.5, 0.6) is 0 Å². The number of nitrogens with zero attached hydrogens (tertiary/aromatic N) is 2. The second-order valence-electron chi connectivity index (χ2n) is 5.29. The minimum absolute atomic E-state index is 0.164. The van der Waals surface area contributed by atoms with Crippen molar-refractivity contribution < 1.29 is 13.0 Å².